The van der Waals surface area contributed by atoms with Crippen molar-refractivity contribution >= 4 is 23.5 Å². The first-order chi connectivity index (χ1) is 8.22. The van der Waals surface area contributed by atoms with Gasteiger partial charge in [0.2, 0.25) is 0 Å². The Kier molecular flexibility index (Phi) is 7.67. The van der Waals surface area contributed by atoms with E-state index in [0.717, 1.165) is 19.3 Å². The average Bonchev–Trinajstić information content (AvgIpc) is 2.30. The molecule has 1 saturated heterocycles. The SMILES string of the molecule is C/C=C/CCC1(C[C@@H](O)CCO)SCCCS1. The third-order valence-corrected chi connectivity index (χ3v) is 6.44. The number of hydrogen-bond donors (Lipinski definition) is 2. The first kappa shape index (κ1) is 15.4. The molecule has 2 N–H and O–H groups in total. The lowest BCUT2D eigenvalue weighted by atomic mass is 10.1. The van der Waals surface area contributed by atoms with Crippen LogP contribution >= 0.6 is 23.5 Å². The smallest absolute Gasteiger partial charge is 0.0638 e. The predicted octanol–water partition coefficient (Wildman–Crippen LogP) is 3.04. The second-order valence-electron chi connectivity index (χ2n) is 4.44. The van der Waals surface area contributed by atoms with Gasteiger partial charge in [0.15, 0.2) is 0 Å². The van der Waals surface area contributed by atoms with Gasteiger partial charge in [0.05, 0.1) is 10.2 Å². The first-order valence-corrected chi connectivity index (χ1v) is 8.37. The number of allylic oxidation sites excluding steroid dienone is 2. The van der Waals surface area contributed by atoms with Crippen molar-refractivity contribution in [1.29, 1.82) is 0 Å². The van der Waals surface area contributed by atoms with Crippen molar-refractivity contribution in [3.8, 4) is 0 Å². The summed E-state index contributed by atoms with van der Waals surface area (Å²) in [6.07, 6.45) is 8.73. The molecule has 2 nitrogen and oxygen atoms in total. The van der Waals surface area contributed by atoms with Crippen LogP contribution in [0.25, 0.3) is 0 Å². The molecule has 17 heavy (non-hydrogen) atoms. The van der Waals surface area contributed by atoms with Gasteiger partial charge >= 0.3 is 0 Å². The number of aliphatic hydroxyl groups is 2. The Morgan fingerprint density at radius 3 is 2.65 bits per heavy atom. The van der Waals surface area contributed by atoms with Gasteiger partial charge in [0.25, 0.3) is 0 Å². The largest absolute Gasteiger partial charge is 0.396 e. The number of thioether (sulfide) groups is 2. The van der Waals surface area contributed by atoms with Crippen LogP contribution in [0.5, 0.6) is 0 Å². The molecule has 0 radical (unpaired) electrons. The van der Waals surface area contributed by atoms with Gasteiger partial charge in [-0.1, -0.05) is 12.2 Å². The van der Waals surface area contributed by atoms with Gasteiger partial charge in [-0.05, 0) is 50.5 Å². The first-order valence-electron chi connectivity index (χ1n) is 6.40. The van der Waals surface area contributed by atoms with Crippen LogP contribution < -0.4 is 0 Å². The lowest BCUT2D eigenvalue weighted by molar-refractivity contribution is 0.121. The summed E-state index contributed by atoms with van der Waals surface area (Å²) in [7, 11) is 0. The third kappa shape index (κ3) is 5.69. The minimum absolute atomic E-state index is 0.0848. The Hall–Kier alpha value is 0.360. The summed E-state index contributed by atoms with van der Waals surface area (Å²) in [5.74, 6) is 2.41. The summed E-state index contributed by atoms with van der Waals surface area (Å²) in [5.41, 5.74) is 0. The normalized spacial score (nSPS) is 21.8. The standard InChI is InChI=1S/C13H24O2S2/c1-2-3-4-7-13(11-12(15)6-8-14)16-9-5-10-17-13/h2-3,12,14-15H,4-11H2,1H3/b3-2+/t12-/m0/s1. The summed E-state index contributed by atoms with van der Waals surface area (Å²) in [6, 6.07) is 0. The molecule has 1 heterocycles. The second kappa shape index (κ2) is 8.46. The molecule has 0 aromatic rings. The van der Waals surface area contributed by atoms with Gasteiger partial charge in [0.1, 0.15) is 0 Å². The molecule has 4 heteroatoms. The highest BCUT2D eigenvalue weighted by Gasteiger charge is 2.34. The van der Waals surface area contributed by atoms with E-state index in [1.54, 1.807) is 0 Å². The highest BCUT2D eigenvalue weighted by atomic mass is 32.2. The van der Waals surface area contributed by atoms with Crippen molar-refractivity contribution in [2.75, 3.05) is 18.1 Å². The van der Waals surface area contributed by atoms with Crippen LogP contribution in [0.1, 0.15) is 39.0 Å². The zero-order valence-electron chi connectivity index (χ0n) is 10.6. The van der Waals surface area contributed by atoms with Crippen molar-refractivity contribution in [1.82, 2.24) is 0 Å². The summed E-state index contributed by atoms with van der Waals surface area (Å²) in [4.78, 5) is 0. The van der Waals surface area contributed by atoms with Gasteiger partial charge < -0.3 is 10.2 Å². The fourth-order valence-corrected chi connectivity index (χ4v) is 5.54. The van der Waals surface area contributed by atoms with E-state index in [-0.39, 0.29) is 16.8 Å². The third-order valence-electron chi connectivity index (χ3n) is 2.96. The van der Waals surface area contributed by atoms with E-state index in [0.29, 0.717) is 6.42 Å². The molecule has 0 amide bonds. The Morgan fingerprint density at radius 2 is 2.06 bits per heavy atom. The minimum atomic E-state index is -0.358. The number of rotatable bonds is 7. The maximum absolute atomic E-state index is 9.92. The molecule has 0 aromatic carbocycles. The quantitative estimate of drug-likeness (QED) is 0.701. The zero-order chi connectivity index (χ0) is 12.6. The van der Waals surface area contributed by atoms with Crippen molar-refractivity contribution in [2.45, 2.75) is 49.2 Å². The van der Waals surface area contributed by atoms with Crippen LogP contribution in [-0.2, 0) is 0 Å². The molecule has 0 saturated carbocycles. The summed E-state index contributed by atoms with van der Waals surface area (Å²) >= 11 is 4.01. The minimum Gasteiger partial charge on any atom is -0.396 e. The molecule has 0 spiro atoms. The van der Waals surface area contributed by atoms with E-state index in [1.165, 1.54) is 17.9 Å². The van der Waals surface area contributed by atoms with Crippen LogP contribution in [0, 0.1) is 0 Å². The van der Waals surface area contributed by atoms with E-state index in [2.05, 4.69) is 19.1 Å². The van der Waals surface area contributed by atoms with Gasteiger partial charge in [-0.2, -0.15) is 0 Å². The van der Waals surface area contributed by atoms with Crippen molar-refractivity contribution < 1.29 is 10.2 Å². The fraction of sp³-hybridized carbons (Fsp3) is 0.846. The predicted molar refractivity (Wildman–Crippen MR) is 78.6 cm³/mol. The lowest BCUT2D eigenvalue weighted by Gasteiger charge is -2.37. The summed E-state index contributed by atoms with van der Waals surface area (Å²) in [6.45, 7) is 2.13. The van der Waals surface area contributed by atoms with Gasteiger partial charge in [-0.15, -0.1) is 23.5 Å². The van der Waals surface area contributed by atoms with Crippen molar-refractivity contribution in [3.05, 3.63) is 12.2 Å². The summed E-state index contributed by atoms with van der Waals surface area (Å²) < 4.78 is 0.173. The Morgan fingerprint density at radius 1 is 1.35 bits per heavy atom. The zero-order valence-corrected chi connectivity index (χ0v) is 12.2. The van der Waals surface area contributed by atoms with Gasteiger partial charge in [-0.25, -0.2) is 0 Å². The molecule has 1 rings (SSSR count). The van der Waals surface area contributed by atoms with Crippen LogP contribution in [0.2, 0.25) is 0 Å². The van der Waals surface area contributed by atoms with E-state index < -0.39 is 0 Å². The van der Waals surface area contributed by atoms with Gasteiger partial charge in [-0.3, -0.25) is 0 Å². The molecule has 1 aliphatic heterocycles. The Balaban J connectivity index is 2.51. The maximum atomic E-state index is 9.92. The highest BCUT2D eigenvalue weighted by Crippen LogP contribution is 2.48. The molecule has 1 atom stereocenters. The second-order valence-corrected chi connectivity index (χ2v) is 7.65. The Bertz CT molecular complexity index is 225. The molecular formula is C13H24O2S2. The number of hydrogen-bond acceptors (Lipinski definition) is 4. The summed E-state index contributed by atoms with van der Waals surface area (Å²) in [5, 5.41) is 18.8. The van der Waals surface area contributed by atoms with Crippen molar-refractivity contribution in [3.63, 3.8) is 0 Å². The van der Waals surface area contributed by atoms with Crippen LogP contribution in [0.4, 0.5) is 0 Å². The number of aliphatic hydroxyl groups excluding tert-OH is 2. The highest BCUT2D eigenvalue weighted by molar-refractivity contribution is 8.18. The van der Waals surface area contributed by atoms with Crippen LogP contribution in [-0.4, -0.2) is 38.5 Å². The maximum Gasteiger partial charge on any atom is 0.0638 e. The Labute approximate surface area is 113 Å². The topological polar surface area (TPSA) is 40.5 Å². The van der Waals surface area contributed by atoms with E-state index >= 15 is 0 Å². The monoisotopic (exact) mass is 276 g/mol. The van der Waals surface area contributed by atoms with Crippen LogP contribution in [0.15, 0.2) is 12.2 Å². The molecule has 0 aliphatic carbocycles. The van der Waals surface area contributed by atoms with Crippen molar-refractivity contribution in [2.24, 2.45) is 0 Å². The molecule has 100 valence electrons. The fourth-order valence-electron chi connectivity index (χ4n) is 2.06. The molecule has 0 bridgehead atoms. The molecule has 1 fully saturated rings. The van der Waals surface area contributed by atoms with Gasteiger partial charge in [0, 0.05) is 6.61 Å². The van der Waals surface area contributed by atoms with E-state index in [9.17, 15) is 5.11 Å². The molecular weight excluding hydrogens is 252 g/mol. The molecule has 1 aliphatic rings. The lowest BCUT2D eigenvalue weighted by Crippen LogP contribution is -2.30. The molecule has 0 aromatic heterocycles. The molecule has 0 unspecified atom stereocenters. The average molecular weight is 276 g/mol. The van der Waals surface area contributed by atoms with E-state index in [4.69, 9.17) is 5.11 Å². The van der Waals surface area contributed by atoms with E-state index in [1.807, 2.05) is 23.5 Å². The van der Waals surface area contributed by atoms with Crippen LogP contribution in [0.3, 0.4) is 0 Å².